The van der Waals surface area contributed by atoms with E-state index in [-0.39, 0.29) is 11.0 Å². The molecule has 9 heteroatoms. The Kier molecular flexibility index (Phi) is 11.8. The van der Waals surface area contributed by atoms with Crippen LogP contribution in [0.25, 0.3) is 0 Å². The van der Waals surface area contributed by atoms with Crippen LogP contribution >= 0.6 is 9.69 Å². The minimum atomic E-state index is -3.44. The number of hydrogen-bond acceptors (Lipinski definition) is 5. The minimum absolute atomic E-state index is 0.0228. The Labute approximate surface area is 264 Å². The standard InChI is InChI=1S/C21H27N2.C12H17NO3S.ClH.Ru/c1-14-9-16(3)20(17(4)10-14)22-7-8-23(13-22)21-18(5)11-15(2)12-19(21)6;1-9(2)16-12-7-6-11(8-10(12)3)17(14,15)13(4)5;;/h9-13H,7-8H2,1-6H3;3,6-9H,1-2,4-5H3;1H;/q-1;;;+1/p-1. The maximum Gasteiger partial charge on any atom is 0.0146 e. The Hall–Kier alpha value is -2.25. The largest absolute Gasteiger partial charge is 0.502 e. The molecular formula is C33H44ClN3O3RuS-. The van der Waals surface area contributed by atoms with E-state index in [0.29, 0.717) is 5.75 Å². The summed E-state index contributed by atoms with van der Waals surface area (Å²) in [6.45, 7) is 21.4. The van der Waals surface area contributed by atoms with Gasteiger partial charge in [0.05, 0.1) is 0 Å². The van der Waals surface area contributed by atoms with Gasteiger partial charge < -0.3 is 9.80 Å². The molecule has 1 aliphatic rings. The van der Waals surface area contributed by atoms with Gasteiger partial charge in [-0.05, 0) is 63.8 Å². The van der Waals surface area contributed by atoms with Gasteiger partial charge in [-0.1, -0.05) is 35.4 Å². The molecule has 0 unspecified atom stereocenters. The van der Waals surface area contributed by atoms with Gasteiger partial charge in [0.1, 0.15) is 0 Å². The second-order valence-corrected chi connectivity index (χ2v) is 15.3. The monoisotopic (exact) mass is 699 g/mol. The first kappa shape index (κ1) is 34.2. The third kappa shape index (κ3) is 8.22. The Morgan fingerprint density at radius 3 is 1.69 bits per heavy atom. The van der Waals surface area contributed by atoms with Crippen LogP contribution in [0, 0.1) is 48.2 Å². The van der Waals surface area contributed by atoms with Crippen LogP contribution in [-0.4, -0.2) is 50.6 Å². The van der Waals surface area contributed by atoms with Gasteiger partial charge in [-0.3, -0.25) is 0 Å². The summed E-state index contributed by atoms with van der Waals surface area (Å²) in [7, 11) is 5.36. The molecule has 3 aromatic carbocycles. The van der Waals surface area contributed by atoms with Crippen molar-refractivity contribution in [2.75, 3.05) is 37.0 Å². The normalized spacial score (nSPS) is 13.9. The van der Waals surface area contributed by atoms with Gasteiger partial charge in [-0.15, -0.1) is 0 Å². The number of sulfonamides is 1. The number of halogens is 1. The molecule has 0 amide bonds. The molecule has 0 aromatic heterocycles. The van der Waals surface area contributed by atoms with E-state index in [1.165, 1.54) is 63.2 Å². The van der Waals surface area contributed by atoms with Crippen molar-refractivity contribution in [2.24, 2.45) is 0 Å². The first-order valence-electron chi connectivity index (χ1n) is 14.0. The predicted octanol–water partition coefficient (Wildman–Crippen LogP) is 7.09. The summed E-state index contributed by atoms with van der Waals surface area (Å²) in [5.74, 6) is 0.655. The van der Waals surface area contributed by atoms with E-state index in [1.807, 2.05) is 18.5 Å². The summed E-state index contributed by atoms with van der Waals surface area (Å²) in [4.78, 5) is 5.05. The fourth-order valence-electron chi connectivity index (χ4n) is 5.47. The Balaban J connectivity index is 0.000000236. The summed E-state index contributed by atoms with van der Waals surface area (Å²) >= 11 is -0.455. The van der Waals surface area contributed by atoms with Crippen molar-refractivity contribution >= 4 is 35.7 Å². The Morgan fingerprint density at radius 2 is 1.31 bits per heavy atom. The van der Waals surface area contributed by atoms with Gasteiger partial charge >= 0.3 is 126 Å². The number of anilines is 2. The zero-order valence-corrected chi connectivity index (χ0v) is 29.7. The van der Waals surface area contributed by atoms with E-state index in [1.54, 1.807) is 18.2 Å². The van der Waals surface area contributed by atoms with Crippen LogP contribution in [0.4, 0.5) is 11.4 Å². The summed E-state index contributed by atoms with van der Waals surface area (Å²) < 4.78 is 32.8. The SMILES string of the molecule is CC(C)Oc1ccc(S(=O)(=O)N(C)C)cc1[CH]=[Ru][Cl].Cc1cc(C)c(N2[CH-]N(c3c(C)cc(C)cc3C)CC2)c(C)c1. The fraction of sp³-hybridized carbons (Fsp3) is 0.394. The molecule has 1 fully saturated rings. The van der Waals surface area contributed by atoms with Crippen molar-refractivity contribution in [3.63, 3.8) is 0 Å². The van der Waals surface area contributed by atoms with Gasteiger partial charge in [0.15, 0.2) is 0 Å². The fourth-order valence-corrected chi connectivity index (χ4v) is 7.50. The molecule has 0 aliphatic carbocycles. The Bertz CT molecular complexity index is 1440. The second kappa shape index (κ2) is 14.5. The third-order valence-electron chi connectivity index (χ3n) is 6.98. The number of ether oxygens (including phenoxy) is 1. The number of rotatable bonds is 7. The molecule has 1 heterocycles. The average Bonchev–Trinajstić information content (AvgIpc) is 3.32. The first-order chi connectivity index (χ1) is 19.6. The molecule has 3 aromatic rings. The molecule has 1 saturated heterocycles. The van der Waals surface area contributed by atoms with Gasteiger partial charge in [0.25, 0.3) is 0 Å². The van der Waals surface area contributed by atoms with Crippen molar-refractivity contribution in [1.82, 2.24) is 4.31 Å². The minimum Gasteiger partial charge on any atom is -0.502 e. The molecule has 0 radical (unpaired) electrons. The molecule has 42 heavy (non-hydrogen) atoms. The maximum atomic E-state index is 12.1. The topological polar surface area (TPSA) is 53.1 Å². The van der Waals surface area contributed by atoms with Crippen LogP contribution in [-0.2, 0) is 25.7 Å². The van der Waals surface area contributed by atoms with E-state index >= 15 is 0 Å². The van der Waals surface area contributed by atoms with Crippen LogP contribution in [0.15, 0.2) is 47.4 Å². The van der Waals surface area contributed by atoms with Crippen molar-refractivity contribution in [3.8, 4) is 5.75 Å². The smallest absolute Gasteiger partial charge is 0.0146 e. The molecule has 0 atom stereocenters. The van der Waals surface area contributed by atoms with Crippen molar-refractivity contribution in [1.29, 1.82) is 0 Å². The molecule has 4 rings (SSSR count). The van der Waals surface area contributed by atoms with E-state index in [2.05, 4.69) is 82.3 Å². The zero-order valence-electron chi connectivity index (χ0n) is 26.4. The quantitative estimate of drug-likeness (QED) is 0.195. The van der Waals surface area contributed by atoms with Gasteiger partial charge in [-0.25, -0.2) is 0 Å². The van der Waals surface area contributed by atoms with E-state index in [4.69, 9.17) is 14.4 Å². The number of nitrogens with zero attached hydrogens (tertiary/aromatic N) is 3. The maximum absolute atomic E-state index is 12.1. The van der Waals surface area contributed by atoms with Gasteiger partial charge in [0.2, 0.25) is 0 Å². The first-order valence-corrected chi connectivity index (χ1v) is 18.7. The number of aryl methyl sites for hydroxylation is 6. The molecular weight excluding hydrogens is 655 g/mol. The van der Waals surface area contributed by atoms with Crippen LogP contribution in [0.2, 0.25) is 0 Å². The van der Waals surface area contributed by atoms with Gasteiger partial charge in [-0.2, -0.15) is 6.67 Å². The molecule has 0 saturated carbocycles. The van der Waals surface area contributed by atoms with E-state index in [0.717, 1.165) is 18.7 Å². The van der Waals surface area contributed by atoms with Crippen LogP contribution in [0.5, 0.6) is 5.75 Å². The number of hydrogen-bond donors (Lipinski definition) is 0. The molecule has 6 nitrogen and oxygen atoms in total. The van der Waals surface area contributed by atoms with Crippen molar-refractivity contribution in [2.45, 2.75) is 66.4 Å². The average molecular weight is 699 g/mol. The summed E-state index contributed by atoms with van der Waals surface area (Å²) in [5, 5.41) is 0. The predicted molar refractivity (Wildman–Crippen MR) is 174 cm³/mol. The molecule has 0 N–H and O–H groups in total. The zero-order chi connectivity index (χ0) is 31.4. The van der Waals surface area contributed by atoms with E-state index < -0.39 is 25.7 Å². The van der Waals surface area contributed by atoms with Crippen LogP contribution < -0.4 is 14.5 Å². The molecule has 1 aliphatic heterocycles. The summed E-state index contributed by atoms with van der Waals surface area (Å²) in [5.41, 5.74) is 11.6. The van der Waals surface area contributed by atoms with E-state index in [9.17, 15) is 8.42 Å². The van der Waals surface area contributed by atoms with Crippen LogP contribution in [0.3, 0.4) is 0 Å². The molecule has 0 bridgehead atoms. The molecule has 0 spiro atoms. The van der Waals surface area contributed by atoms with Crippen molar-refractivity contribution < 1.29 is 28.8 Å². The second-order valence-electron chi connectivity index (χ2n) is 11.3. The summed E-state index contributed by atoms with van der Waals surface area (Å²) in [6.07, 6.45) is 0.0228. The van der Waals surface area contributed by atoms with Gasteiger partial charge in [0, 0.05) is 24.5 Å². The van der Waals surface area contributed by atoms with Crippen molar-refractivity contribution in [3.05, 3.63) is 88.1 Å². The van der Waals surface area contributed by atoms with Crippen LogP contribution in [0.1, 0.15) is 52.8 Å². The number of benzene rings is 3. The third-order valence-corrected chi connectivity index (χ3v) is 9.97. The summed E-state index contributed by atoms with van der Waals surface area (Å²) in [6, 6.07) is 13.9. The molecule has 231 valence electrons. The Morgan fingerprint density at radius 1 is 0.857 bits per heavy atom.